The quantitative estimate of drug-likeness (QED) is 0.252. The van der Waals surface area contributed by atoms with Crippen molar-refractivity contribution in [2.45, 2.75) is 0 Å². The molecule has 0 aliphatic heterocycles. The molecule has 0 fully saturated rings. The zero-order valence-corrected chi connectivity index (χ0v) is 5.42. The van der Waals surface area contributed by atoms with Gasteiger partial charge in [0.25, 0.3) is 0 Å². The summed E-state index contributed by atoms with van der Waals surface area (Å²) in [4.78, 5) is 20.3. The minimum absolute atomic E-state index is 0.265. The summed E-state index contributed by atoms with van der Waals surface area (Å²) in [5, 5.41) is 0. The molecule has 0 rings (SSSR count). The van der Waals surface area contributed by atoms with Gasteiger partial charge in [-0.15, -0.1) is 0 Å². The minimum atomic E-state index is -1.18. The van der Waals surface area contributed by atoms with Crippen LogP contribution in [0.5, 0.6) is 0 Å². The van der Waals surface area contributed by atoms with Gasteiger partial charge in [0, 0.05) is 0 Å². The first-order chi connectivity index (χ1) is 4.57. The topological polar surface area (TPSA) is 78.6 Å². The number of amides is 1. The molecule has 0 unspecified atom stereocenters. The molecule has 0 spiro atoms. The molecule has 1 amide bonds. The average molecular weight is 145 g/mol. The second-order valence-electron chi connectivity index (χ2n) is 1.34. The minimum Gasteiger partial charge on any atom is -0.490 e. The van der Waals surface area contributed by atoms with Crippen molar-refractivity contribution in [1.82, 2.24) is 0 Å². The number of carbonyl (C=O) groups excluding carboxylic acids is 2. The molecule has 0 heterocycles. The largest absolute Gasteiger partial charge is 0.490 e. The third-order valence-corrected chi connectivity index (χ3v) is 0.667. The van der Waals surface area contributed by atoms with E-state index in [0.717, 1.165) is 0 Å². The van der Waals surface area contributed by atoms with E-state index in [1.807, 2.05) is 0 Å². The van der Waals surface area contributed by atoms with E-state index in [1.165, 1.54) is 7.11 Å². The monoisotopic (exact) mass is 145 g/mol. The first-order valence-electron chi connectivity index (χ1n) is 2.32. The highest BCUT2D eigenvalue weighted by molar-refractivity contribution is 5.93. The van der Waals surface area contributed by atoms with Crippen molar-refractivity contribution in [2.75, 3.05) is 7.11 Å². The maximum absolute atomic E-state index is 10.4. The normalized spacial score (nSPS) is 8.10. The summed E-state index contributed by atoms with van der Waals surface area (Å²) in [5.41, 5.74) is 4.51. The van der Waals surface area contributed by atoms with E-state index in [2.05, 4.69) is 21.8 Å². The number of hydrogen-bond acceptors (Lipinski definition) is 4. The molecule has 0 aromatic rings. The van der Waals surface area contributed by atoms with Crippen molar-refractivity contribution < 1.29 is 19.1 Å². The van der Waals surface area contributed by atoms with E-state index in [0.29, 0.717) is 0 Å². The SMILES string of the molecule is C=C(OC)C(=O)OC(N)=O. The van der Waals surface area contributed by atoms with E-state index in [-0.39, 0.29) is 5.76 Å². The number of rotatable bonds is 2. The van der Waals surface area contributed by atoms with Gasteiger partial charge in [-0.05, 0) is 6.58 Å². The molecule has 5 nitrogen and oxygen atoms in total. The van der Waals surface area contributed by atoms with Gasteiger partial charge in [-0.25, -0.2) is 9.59 Å². The van der Waals surface area contributed by atoms with Crippen molar-refractivity contribution in [1.29, 1.82) is 0 Å². The maximum Gasteiger partial charge on any atom is 0.412 e. The Morgan fingerprint density at radius 2 is 2.00 bits per heavy atom. The summed E-state index contributed by atoms with van der Waals surface area (Å²) < 4.78 is 8.21. The number of primary amides is 1. The third kappa shape index (κ3) is 2.71. The number of carbonyl (C=O) groups is 2. The Morgan fingerprint density at radius 3 is 2.30 bits per heavy atom. The fourth-order valence-electron chi connectivity index (χ4n) is 0.232. The van der Waals surface area contributed by atoms with E-state index < -0.39 is 12.1 Å². The average Bonchev–Trinajstić information content (AvgIpc) is 1.85. The Balaban J connectivity index is 3.86. The molecule has 0 aromatic heterocycles. The van der Waals surface area contributed by atoms with Crippen LogP contribution in [0.1, 0.15) is 0 Å². The molecule has 0 radical (unpaired) electrons. The number of methoxy groups -OCH3 is 1. The Kier molecular flexibility index (Phi) is 2.96. The zero-order chi connectivity index (χ0) is 8.15. The predicted octanol–water partition coefficient (Wildman–Crippen LogP) is -0.232. The van der Waals surface area contributed by atoms with Crippen LogP contribution in [0.25, 0.3) is 0 Å². The lowest BCUT2D eigenvalue weighted by atomic mass is 10.6. The maximum atomic E-state index is 10.4. The lowest BCUT2D eigenvalue weighted by molar-refractivity contribution is -0.136. The third-order valence-electron chi connectivity index (χ3n) is 0.667. The first kappa shape index (κ1) is 8.48. The van der Waals surface area contributed by atoms with Crippen molar-refractivity contribution in [3.8, 4) is 0 Å². The Morgan fingerprint density at radius 1 is 1.50 bits per heavy atom. The Labute approximate surface area is 57.4 Å². The van der Waals surface area contributed by atoms with Gasteiger partial charge in [0.2, 0.25) is 0 Å². The molecule has 5 heteroatoms. The summed E-state index contributed by atoms with van der Waals surface area (Å²) in [6, 6.07) is 0. The van der Waals surface area contributed by atoms with E-state index >= 15 is 0 Å². The standard InChI is InChI=1S/C5H7NO4/c1-3(9-2)4(7)10-5(6)8/h1H2,2H3,(H2,6,8). The van der Waals surface area contributed by atoms with Gasteiger partial charge < -0.3 is 15.2 Å². The lowest BCUT2D eigenvalue weighted by Gasteiger charge is -1.99. The summed E-state index contributed by atoms with van der Waals surface area (Å²) >= 11 is 0. The highest BCUT2D eigenvalue weighted by Gasteiger charge is 2.10. The Bertz CT molecular complexity index is 174. The van der Waals surface area contributed by atoms with Crippen LogP contribution in [-0.2, 0) is 14.3 Å². The zero-order valence-electron chi connectivity index (χ0n) is 5.42. The molecular formula is C5H7NO4. The van der Waals surface area contributed by atoms with Gasteiger partial charge in [-0.2, -0.15) is 0 Å². The molecule has 10 heavy (non-hydrogen) atoms. The number of esters is 1. The molecular weight excluding hydrogens is 138 g/mol. The molecule has 0 atom stereocenters. The fraction of sp³-hybridized carbons (Fsp3) is 0.200. The van der Waals surface area contributed by atoms with Crippen molar-refractivity contribution in [3.63, 3.8) is 0 Å². The van der Waals surface area contributed by atoms with Crippen LogP contribution >= 0.6 is 0 Å². The highest BCUT2D eigenvalue weighted by Crippen LogP contribution is 1.93. The molecule has 0 aliphatic rings. The van der Waals surface area contributed by atoms with Crippen LogP contribution in [0.2, 0.25) is 0 Å². The van der Waals surface area contributed by atoms with E-state index in [9.17, 15) is 9.59 Å². The smallest absolute Gasteiger partial charge is 0.412 e. The van der Waals surface area contributed by atoms with Crippen LogP contribution in [0.15, 0.2) is 12.3 Å². The lowest BCUT2D eigenvalue weighted by Crippen LogP contribution is -2.19. The van der Waals surface area contributed by atoms with Crippen molar-refractivity contribution >= 4 is 12.1 Å². The number of nitrogens with two attached hydrogens (primary N) is 1. The summed E-state index contributed by atoms with van der Waals surface area (Å²) in [6.45, 7) is 3.12. The second kappa shape index (κ2) is 3.49. The van der Waals surface area contributed by atoms with Crippen LogP contribution in [0, 0.1) is 0 Å². The first-order valence-corrected chi connectivity index (χ1v) is 2.32. The molecule has 56 valence electrons. The van der Waals surface area contributed by atoms with Crippen LogP contribution < -0.4 is 5.73 Å². The van der Waals surface area contributed by atoms with Gasteiger partial charge in [0.15, 0.2) is 5.76 Å². The molecule has 0 saturated carbocycles. The summed E-state index contributed by atoms with van der Waals surface area (Å²) in [7, 11) is 1.23. The van der Waals surface area contributed by atoms with E-state index in [1.54, 1.807) is 0 Å². The van der Waals surface area contributed by atoms with Crippen LogP contribution in [0.4, 0.5) is 4.79 Å². The highest BCUT2D eigenvalue weighted by atomic mass is 16.6. The second-order valence-corrected chi connectivity index (χ2v) is 1.34. The molecule has 0 aromatic carbocycles. The number of ether oxygens (including phenoxy) is 2. The predicted molar refractivity (Wildman–Crippen MR) is 31.8 cm³/mol. The van der Waals surface area contributed by atoms with Gasteiger partial charge in [-0.3, -0.25) is 0 Å². The number of hydrogen-bond donors (Lipinski definition) is 1. The molecule has 2 N–H and O–H groups in total. The molecule has 0 bridgehead atoms. The van der Waals surface area contributed by atoms with Gasteiger partial charge in [0.05, 0.1) is 7.11 Å². The van der Waals surface area contributed by atoms with Crippen LogP contribution in [0.3, 0.4) is 0 Å². The van der Waals surface area contributed by atoms with Gasteiger partial charge in [-0.1, -0.05) is 0 Å². The summed E-state index contributed by atoms with van der Waals surface area (Å²) in [5.74, 6) is -1.24. The van der Waals surface area contributed by atoms with E-state index in [4.69, 9.17) is 0 Å². The fourth-order valence-corrected chi connectivity index (χ4v) is 0.232. The molecule has 0 saturated heterocycles. The summed E-state index contributed by atoms with van der Waals surface area (Å²) in [6.07, 6.45) is -1.18. The van der Waals surface area contributed by atoms with Crippen molar-refractivity contribution in [3.05, 3.63) is 12.3 Å². The van der Waals surface area contributed by atoms with Gasteiger partial charge in [0.1, 0.15) is 0 Å². The van der Waals surface area contributed by atoms with Crippen molar-refractivity contribution in [2.24, 2.45) is 5.73 Å². The van der Waals surface area contributed by atoms with Crippen LogP contribution in [-0.4, -0.2) is 19.2 Å². The molecule has 0 aliphatic carbocycles. The van der Waals surface area contributed by atoms with Gasteiger partial charge >= 0.3 is 12.1 Å². The Hall–Kier alpha value is -1.52.